The van der Waals surface area contributed by atoms with Gasteiger partial charge in [0.1, 0.15) is 12.9 Å². The molecule has 0 radical (unpaired) electrons. The lowest BCUT2D eigenvalue weighted by atomic mass is 10.2. The van der Waals surface area contributed by atoms with E-state index in [1.165, 1.54) is 0 Å². The molecule has 0 spiro atoms. The third-order valence-electron chi connectivity index (χ3n) is 2.77. The summed E-state index contributed by atoms with van der Waals surface area (Å²) in [6.45, 7) is 0.615. The summed E-state index contributed by atoms with van der Waals surface area (Å²) >= 11 is 0. The van der Waals surface area contributed by atoms with Crippen LogP contribution in [0.3, 0.4) is 0 Å². The number of benzene rings is 2. The lowest BCUT2D eigenvalue weighted by molar-refractivity contribution is 0.112. The quantitative estimate of drug-likeness (QED) is 0.849. The molecular weight excluding hydrogens is 254 g/mol. The second-order valence-corrected chi connectivity index (χ2v) is 4.27. The first kappa shape index (κ1) is 13.8. The molecule has 0 aliphatic rings. The van der Waals surface area contributed by atoms with Crippen LogP contribution in [0.25, 0.3) is 0 Å². The molecule has 0 saturated heterocycles. The van der Waals surface area contributed by atoms with Gasteiger partial charge in [-0.2, -0.15) is 0 Å². The molecule has 102 valence electrons. The molecule has 1 amide bonds. The predicted octanol–water partition coefficient (Wildman–Crippen LogP) is 2.93. The maximum absolute atomic E-state index is 11.5. The molecule has 20 heavy (non-hydrogen) atoms. The van der Waals surface area contributed by atoms with Crippen LogP contribution in [-0.4, -0.2) is 12.4 Å². The summed E-state index contributed by atoms with van der Waals surface area (Å²) in [6, 6.07) is 16.5. The Morgan fingerprint density at radius 3 is 2.35 bits per heavy atom. The zero-order chi connectivity index (χ0) is 14.2. The first-order chi connectivity index (χ1) is 9.78. The molecule has 4 heteroatoms. The monoisotopic (exact) mass is 269 g/mol. The topological polar surface area (TPSA) is 55.4 Å². The van der Waals surface area contributed by atoms with E-state index in [0.717, 1.165) is 17.4 Å². The average Bonchev–Trinajstić information content (AvgIpc) is 2.52. The van der Waals surface area contributed by atoms with Crippen molar-refractivity contribution in [1.82, 2.24) is 5.32 Å². The SMILES string of the molecule is O=Cc1ccc(COC(=O)NCc2ccccc2)cc1. The minimum Gasteiger partial charge on any atom is -0.445 e. The number of hydrogen-bond acceptors (Lipinski definition) is 3. The van der Waals surface area contributed by atoms with Crippen molar-refractivity contribution in [1.29, 1.82) is 0 Å². The molecule has 1 N–H and O–H groups in total. The van der Waals surface area contributed by atoms with Crippen LogP contribution >= 0.6 is 0 Å². The van der Waals surface area contributed by atoms with Crippen molar-refractivity contribution in [3.05, 3.63) is 71.3 Å². The smallest absolute Gasteiger partial charge is 0.407 e. The van der Waals surface area contributed by atoms with Crippen LogP contribution in [0.4, 0.5) is 4.79 Å². The van der Waals surface area contributed by atoms with Crippen molar-refractivity contribution in [2.24, 2.45) is 0 Å². The Kier molecular flexibility index (Phi) is 4.89. The van der Waals surface area contributed by atoms with E-state index in [-0.39, 0.29) is 6.61 Å². The third-order valence-corrected chi connectivity index (χ3v) is 2.77. The van der Waals surface area contributed by atoms with Crippen molar-refractivity contribution in [3.8, 4) is 0 Å². The van der Waals surface area contributed by atoms with Gasteiger partial charge in [-0.1, -0.05) is 54.6 Å². The summed E-state index contributed by atoms with van der Waals surface area (Å²) in [5.41, 5.74) is 2.45. The largest absolute Gasteiger partial charge is 0.445 e. The molecule has 0 aromatic heterocycles. The maximum Gasteiger partial charge on any atom is 0.407 e. The highest BCUT2D eigenvalue weighted by molar-refractivity contribution is 5.74. The third kappa shape index (κ3) is 4.24. The Balaban J connectivity index is 1.75. The number of nitrogens with one attached hydrogen (secondary N) is 1. The Hall–Kier alpha value is -2.62. The molecule has 0 unspecified atom stereocenters. The van der Waals surface area contributed by atoms with Crippen LogP contribution in [-0.2, 0) is 17.9 Å². The molecule has 2 aromatic carbocycles. The number of amides is 1. The molecule has 0 heterocycles. The fraction of sp³-hybridized carbons (Fsp3) is 0.125. The molecule has 0 fully saturated rings. The van der Waals surface area contributed by atoms with Gasteiger partial charge in [0.05, 0.1) is 0 Å². The van der Waals surface area contributed by atoms with Gasteiger partial charge < -0.3 is 10.1 Å². The second-order valence-electron chi connectivity index (χ2n) is 4.27. The molecule has 0 saturated carbocycles. The zero-order valence-corrected chi connectivity index (χ0v) is 10.9. The van der Waals surface area contributed by atoms with Gasteiger partial charge in [-0.15, -0.1) is 0 Å². The molecule has 0 aliphatic carbocycles. The number of carbonyl (C=O) groups excluding carboxylic acids is 2. The number of hydrogen-bond donors (Lipinski definition) is 1. The molecule has 0 atom stereocenters. The minimum atomic E-state index is -0.465. The summed E-state index contributed by atoms with van der Waals surface area (Å²) in [5, 5.41) is 2.67. The van der Waals surface area contributed by atoms with Crippen LogP contribution in [0.5, 0.6) is 0 Å². The van der Waals surface area contributed by atoms with E-state index in [0.29, 0.717) is 12.1 Å². The van der Waals surface area contributed by atoms with Gasteiger partial charge in [-0.05, 0) is 11.1 Å². The molecule has 2 rings (SSSR count). The second kappa shape index (κ2) is 7.09. The van der Waals surface area contributed by atoms with Crippen LogP contribution in [0, 0.1) is 0 Å². The van der Waals surface area contributed by atoms with Gasteiger partial charge in [0.25, 0.3) is 0 Å². The number of ether oxygens (including phenoxy) is 1. The molecular formula is C16H15NO3. The Labute approximate surface area is 117 Å². The van der Waals surface area contributed by atoms with Gasteiger partial charge in [0.2, 0.25) is 0 Å². The fourth-order valence-electron chi connectivity index (χ4n) is 1.66. The molecule has 4 nitrogen and oxygen atoms in total. The highest BCUT2D eigenvalue weighted by Crippen LogP contribution is 2.04. The zero-order valence-electron chi connectivity index (χ0n) is 10.9. The summed E-state index contributed by atoms with van der Waals surface area (Å²) in [5.74, 6) is 0. The van der Waals surface area contributed by atoms with E-state index in [4.69, 9.17) is 4.74 Å². The standard InChI is InChI=1S/C16H15NO3/c18-11-14-6-8-15(9-7-14)12-20-16(19)17-10-13-4-2-1-3-5-13/h1-9,11H,10,12H2,(H,17,19). The Morgan fingerprint density at radius 2 is 1.70 bits per heavy atom. The van der Waals surface area contributed by atoms with Gasteiger partial charge >= 0.3 is 6.09 Å². The summed E-state index contributed by atoms with van der Waals surface area (Å²) in [7, 11) is 0. The summed E-state index contributed by atoms with van der Waals surface area (Å²) in [4.78, 5) is 22.0. The van der Waals surface area contributed by atoms with Gasteiger partial charge in [-0.3, -0.25) is 4.79 Å². The predicted molar refractivity (Wildman–Crippen MR) is 75.3 cm³/mol. The lowest BCUT2D eigenvalue weighted by Crippen LogP contribution is -2.23. The highest BCUT2D eigenvalue weighted by Gasteiger charge is 2.02. The van der Waals surface area contributed by atoms with Crippen LogP contribution < -0.4 is 5.32 Å². The van der Waals surface area contributed by atoms with Crippen molar-refractivity contribution in [3.63, 3.8) is 0 Å². The highest BCUT2D eigenvalue weighted by atomic mass is 16.5. The van der Waals surface area contributed by atoms with Crippen LogP contribution in [0.1, 0.15) is 21.5 Å². The Bertz CT molecular complexity index is 564. The number of alkyl carbamates (subject to hydrolysis) is 1. The minimum absolute atomic E-state index is 0.180. The maximum atomic E-state index is 11.5. The van der Waals surface area contributed by atoms with Crippen molar-refractivity contribution in [2.45, 2.75) is 13.2 Å². The first-order valence-electron chi connectivity index (χ1n) is 6.26. The molecule has 0 aliphatic heterocycles. The lowest BCUT2D eigenvalue weighted by Gasteiger charge is -2.07. The van der Waals surface area contributed by atoms with E-state index in [1.807, 2.05) is 30.3 Å². The van der Waals surface area contributed by atoms with Crippen molar-refractivity contribution >= 4 is 12.4 Å². The van der Waals surface area contributed by atoms with E-state index >= 15 is 0 Å². The van der Waals surface area contributed by atoms with E-state index < -0.39 is 6.09 Å². The van der Waals surface area contributed by atoms with Gasteiger partial charge in [-0.25, -0.2) is 4.79 Å². The number of aldehydes is 1. The average molecular weight is 269 g/mol. The van der Waals surface area contributed by atoms with E-state index in [2.05, 4.69) is 5.32 Å². The van der Waals surface area contributed by atoms with Crippen molar-refractivity contribution < 1.29 is 14.3 Å². The van der Waals surface area contributed by atoms with Crippen LogP contribution in [0.2, 0.25) is 0 Å². The fourth-order valence-corrected chi connectivity index (χ4v) is 1.66. The van der Waals surface area contributed by atoms with Crippen molar-refractivity contribution in [2.75, 3.05) is 0 Å². The van der Waals surface area contributed by atoms with E-state index in [1.54, 1.807) is 24.3 Å². The summed E-state index contributed by atoms with van der Waals surface area (Å²) in [6.07, 6.45) is 0.310. The van der Waals surface area contributed by atoms with Gasteiger partial charge in [0, 0.05) is 12.1 Å². The first-order valence-corrected chi connectivity index (χ1v) is 6.26. The van der Waals surface area contributed by atoms with Crippen LogP contribution in [0.15, 0.2) is 54.6 Å². The molecule has 0 bridgehead atoms. The number of rotatable bonds is 5. The number of carbonyl (C=O) groups is 2. The van der Waals surface area contributed by atoms with E-state index in [9.17, 15) is 9.59 Å². The molecule has 2 aromatic rings. The normalized spacial score (nSPS) is 9.80. The summed E-state index contributed by atoms with van der Waals surface area (Å²) < 4.78 is 5.08. The van der Waals surface area contributed by atoms with Gasteiger partial charge in [0.15, 0.2) is 0 Å². The Morgan fingerprint density at radius 1 is 1.00 bits per heavy atom.